The highest BCUT2D eigenvalue weighted by molar-refractivity contribution is 5.82. The topological polar surface area (TPSA) is 60.3 Å². The van der Waals surface area contributed by atoms with E-state index in [1.165, 1.54) is 6.07 Å². The number of nitrogens with one attached hydrogen (secondary N) is 1. The van der Waals surface area contributed by atoms with Crippen LogP contribution in [0.15, 0.2) is 60.5 Å². The Bertz CT molecular complexity index is 1360. The molecule has 39 heavy (non-hydrogen) atoms. The summed E-state index contributed by atoms with van der Waals surface area (Å²) in [6.07, 6.45) is 1.93. The maximum atomic E-state index is 13.4. The molecule has 3 aromatic rings. The fourth-order valence-corrected chi connectivity index (χ4v) is 4.96. The van der Waals surface area contributed by atoms with Crippen molar-refractivity contribution in [3.05, 3.63) is 82.9 Å². The number of aryl methyl sites for hydroxylation is 1. The molecule has 1 fully saturated rings. The molecule has 3 heterocycles. The van der Waals surface area contributed by atoms with E-state index in [9.17, 15) is 13.2 Å². The van der Waals surface area contributed by atoms with Crippen molar-refractivity contribution >= 4 is 17.0 Å². The van der Waals surface area contributed by atoms with Gasteiger partial charge in [-0.05, 0) is 49.2 Å². The van der Waals surface area contributed by atoms with Crippen molar-refractivity contribution in [2.45, 2.75) is 32.2 Å². The predicted octanol–water partition coefficient (Wildman–Crippen LogP) is 5.31. The fraction of sp³-hybridized carbons (Fsp3) is 0.414. The summed E-state index contributed by atoms with van der Waals surface area (Å²) in [6.45, 7) is 6.47. The van der Waals surface area contributed by atoms with Crippen LogP contribution >= 0.6 is 0 Å². The molecular weight excluding hydrogens is 509 g/mol. The third-order valence-electron chi connectivity index (χ3n) is 6.96. The number of halogens is 3. The molecule has 1 unspecified atom stereocenters. The van der Waals surface area contributed by atoms with E-state index < -0.39 is 11.7 Å². The van der Waals surface area contributed by atoms with Crippen LogP contribution in [-0.4, -0.2) is 67.0 Å². The van der Waals surface area contributed by atoms with Gasteiger partial charge in [0.2, 0.25) is 0 Å². The van der Waals surface area contributed by atoms with Crippen molar-refractivity contribution < 1.29 is 27.4 Å². The Hall–Kier alpha value is -3.34. The van der Waals surface area contributed by atoms with E-state index in [-0.39, 0.29) is 12.6 Å². The molecule has 0 saturated carbocycles. The summed E-state index contributed by atoms with van der Waals surface area (Å²) < 4.78 is 59.4. The Morgan fingerprint density at radius 1 is 1.15 bits per heavy atom. The lowest BCUT2D eigenvalue weighted by Crippen LogP contribution is -2.38. The van der Waals surface area contributed by atoms with Gasteiger partial charge in [-0.15, -0.1) is 0 Å². The van der Waals surface area contributed by atoms with Crippen LogP contribution in [0, 0.1) is 6.92 Å². The van der Waals surface area contributed by atoms with Gasteiger partial charge in [0.05, 0.1) is 18.8 Å². The first-order valence-electron chi connectivity index (χ1n) is 13.1. The van der Waals surface area contributed by atoms with Crippen molar-refractivity contribution in [1.82, 2.24) is 14.3 Å². The number of hydrogen-bond acceptors (Lipinski definition) is 6. The standard InChI is InChI=1S/C29H33F3N4O3/c1-20-15-21(17-23(16-20)29(30,31)32)19-33-28-27(34-26-5-3-4-8-36(26)28)22-6-7-24(37-2)25(18-22)39-14-11-35-9-12-38-13-10-35/h3-6,8,15-18,24,33H,7,9-14,19H2,1-2H3. The van der Waals surface area contributed by atoms with Crippen LogP contribution in [-0.2, 0) is 26.9 Å². The van der Waals surface area contributed by atoms with E-state index in [1.54, 1.807) is 20.1 Å². The molecule has 1 aliphatic heterocycles. The number of methoxy groups -OCH3 is 1. The summed E-state index contributed by atoms with van der Waals surface area (Å²) in [4.78, 5) is 7.16. The molecular formula is C29H33F3N4O3. The maximum Gasteiger partial charge on any atom is 0.416 e. The van der Waals surface area contributed by atoms with Gasteiger partial charge in [-0.3, -0.25) is 9.30 Å². The zero-order chi connectivity index (χ0) is 27.4. The molecule has 1 aromatic carbocycles. The number of ether oxygens (including phenoxy) is 3. The van der Waals surface area contributed by atoms with Crippen LogP contribution in [0.25, 0.3) is 11.2 Å². The normalized spacial score (nSPS) is 18.6. The predicted molar refractivity (Wildman–Crippen MR) is 143 cm³/mol. The van der Waals surface area contributed by atoms with Gasteiger partial charge in [0.25, 0.3) is 0 Å². The minimum atomic E-state index is -4.40. The molecule has 2 aliphatic rings. The number of rotatable bonds is 9. The summed E-state index contributed by atoms with van der Waals surface area (Å²) in [7, 11) is 1.66. The summed E-state index contributed by atoms with van der Waals surface area (Å²) in [6, 6.07) is 9.80. The van der Waals surface area contributed by atoms with Crippen molar-refractivity contribution in [1.29, 1.82) is 0 Å². The number of benzene rings is 1. The number of hydrogen-bond donors (Lipinski definition) is 1. The van der Waals surface area contributed by atoms with Gasteiger partial charge in [-0.2, -0.15) is 13.2 Å². The summed E-state index contributed by atoms with van der Waals surface area (Å²) in [5.74, 6) is 1.44. The maximum absolute atomic E-state index is 13.4. The molecule has 0 amide bonds. The Kier molecular flexibility index (Phi) is 8.25. The van der Waals surface area contributed by atoms with Crippen LogP contribution in [0.3, 0.4) is 0 Å². The smallest absolute Gasteiger partial charge is 0.416 e. The quantitative estimate of drug-likeness (QED) is 0.396. The lowest BCUT2D eigenvalue weighted by Gasteiger charge is -2.28. The monoisotopic (exact) mass is 542 g/mol. The van der Waals surface area contributed by atoms with Gasteiger partial charge in [0, 0.05) is 45.1 Å². The summed E-state index contributed by atoms with van der Waals surface area (Å²) in [5.41, 5.74) is 2.75. The van der Waals surface area contributed by atoms with E-state index in [2.05, 4.69) is 16.3 Å². The second-order valence-corrected chi connectivity index (χ2v) is 9.77. The van der Waals surface area contributed by atoms with Gasteiger partial charge < -0.3 is 19.5 Å². The number of aromatic nitrogens is 2. The largest absolute Gasteiger partial charge is 0.494 e. The first-order chi connectivity index (χ1) is 18.8. The Labute approximate surface area is 225 Å². The van der Waals surface area contributed by atoms with Gasteiger partial charge in [0.1, 0.15) is 35.6 Å². The minimum Gasteiger partial charge on any atom is -0.494 e. The first-order valence-corrected chi connectivity index (χ1v) is 13.1. The summed E-state index contributed by atoms with van der Waals surface area (Å²) >= 11 is 0. The zero-order valence-corrected chi connectivity index (χ0v) is 22.1. The molecule has 7 nitrogen and oxygen atoms in total. The second kappa shape index (κ2) is 11.8. The first kappa shape index (κ1) is 27.2. The van der Waals surface area contributed by atoms with E-state index in [0.717, 1.165) is 55.9 Å². The molecule has 1 saturated heterocycles. The average Bonchev–Trinajstić information content (AvgIpc) is 3.30. The number of imidazole rings is 1. The fourth-order valence-electron chi connectivity index (χ4n) is 4.96. The number of pyridine rings is 1. The number of fused-ring (bicyclic) bond motifs is 1. The summed E-state index contributed by atoms with van der Waals surface area (Å²) in [5, 5.41) is 3.35. The van der Waals surface area contributed by atoms with Gasteiger partial charge in [0.15, 0.2) is 0 Å². The zero-order valence-electron chi connectivity index (χ0n) is 22.1. The molecule has 0 spiro atoms. The molecule has 2 aromatic heterocycles. The van der Waals surface area contributed by atoms with Crippen molar-refractivity contribution in [2.24, 2.45) is 0 Å². The van der Waals surface area contributed by atoms with E-state index in [4.69, 9.17) is 19.2 Å². The van der Waals surface area contributed by atoms with Crippen LogP contribution < -0.4 is 5.32 Å². The molecule has 10 heteroatoms. The molecule has 1 aliphatic carbocycles. The number of morpholine rings is 1. The lowest BCUT2D eigenvalue weighted by molar-refractivity contribution is -0.137. The average molecular weight is 543 g/mol. The van der Waals surface area contributed by atoms with Gasteiger partial charge in [-0.1, -0.05) is 23.8 Å². The molecule has 0 radical (unpaired) electrons. The molecule has 1 N–H and O–H groups in total. The third-order valence-corrected chi connectivity index (χ3v) is 6.96. The van der Waals surface area contributed by atoms with E-state index in [1.807, 2.05) is 34.9 Å². The van der Waals surface area contributed by atoms with Crippen LogP contribution in [0.4, 0.5) is 19.0 Å². The number of anilines is 1. The van der Waals surface area contributed by atoms with E-state index in [0.29, 0.717) is 35.7 Å². The van der Waals surface area contributed by atoms with Gasteiger partial charge >= 0.3 is 6.18 Å². The highest BCUT2D eigenvalue weighted by Gasteiger charge is 2.31. The van der Waals surface area contributed by atoms with Crippen LogP contribution in [0.2, 0.25) is 0 Å². The number of allylic oxidation sites excluding steroid dienone is 2. The minimum absolute atomic E-state index is 0.194. The Balaban J connectivity index is 1.39. The SMILES string of the molecule is COC1CC=C(c2nc3ccccn3c2NCc2cc(C)cc(C(F)(F)F)c2)C=C1OCCN1CCOCC1. The molecule has 5 rings (SSSR count). The highest BCUT2D eigenvalue weighted by Crippen LogP contribution is 2.34. The van der Waals surface area contributed by atoms with Crippen LogP contribution in [0.5, 0.6) is 0 Å². The number of nitrogens with zero attached hydrogens (tertiary/aromatic N) is 3. The molecule has 0 bridgehead atoms. The van der Waals surface area contributed by atoms with Crippen molar-refractivity contribution in [3.63, 3.8) is 0 Å². The molecule has 1 atom stereocenters. The highest BCUT2D eigenvalue weighted by atomic mass is 19.4. The number of alkyl halides is 3. The van der Waals surface area contributed by atoms with Gasteiger partial charge in [-0.25, -0.2) is 4.98 Å². The van der Waals surface area contributed by atoms with E-state index >= 15 is 0 Å². The van der Waals surface area contributed by atoms with Crippen molar-refractivity contribution in [2.75, 3.05) is 51.9 Å². The second-order valence-electron chi connectivity index (χ2n) is 9.77. The Morgan fingerprint density at radius 2 is 1.97 bits per heavy atom. The Morgan fingerprint density at radius 3 is 2.74 bits per heavy atom. The van der Waals surface area contributed by atoms with Crippen molar-refractivity contribution in [3.8, 4) is 0 Å². The van der Waals surface area contributed by atoms with Crippen LogP contribution in [0.1, 0.15) is 28.8 Å². The third kappa shape index (κ3) is 6.46. The lowest BCUT2D eigenvalue weighted by atomic mass is 10.0. The molecule has 208 valence electrons.